The molecule has 0 N–H and O–H groups in total. The van der Waals surface area contributed by atoms with Gasteiger partial charge in [0.25, 0.3) is 0 Å². The Kier molecular flexibility index (Phi) is 3.66. The minimum atomic E-state index is 1.28. The predicted molar refractivity (Wildman–Crippen MR) is 104 cm³/mol. The molecule has 0 bridgehead atoms. The normalized spacial score (nSPS) is 10.9. The van der Waals surface area contributed by atoms with E-state index in [2.05, 4.69) is 98.8 Å². The van der Waals surface area contributed by atoms with Crippen molar-refractivity contribution in [2.45, 2.75) is 13.8 Å². The van der Waals surface area contributed by atoms with E-state index < -0.39 is 0 Å². The van der Waals surface area contributed by atoms with Crippen LogP contribution in [0.3, 0.4) is 0 Å². The average Bonchev–Trinajstić information content (AvgIpc) is 2.64. The van der Waals surface area contributed by atoms with Crippen LogP contribution in [0.25, 0.3) is 33.0 Å². The topological polar surface area (TPSA) is 0 Å². The number of hydrogen-bond donors (Lipinski definition) is 0. The SMILES string of the molecule is Cc1c(-c2ccccc2)c(C)c2ccccc2c1-c1ccccc1. The van der Waals surface area contributed by atoms with Crippen molar-refractivity contribution in [3.63, 3.8) is 0 Å². The summed E-state index contributed by atoms with van der Waals surface area (Å²) in [7, 11) is 0. The first-order valence-electron chi connectivity index (χ1n) is 8.40. The number of rotatable bonds is 2. The lowest BCUT2D eigenvalue weighted by Gasteiger charge is -2.19. The number of benzene rings is 4. The summed E-state index contributed by atoms with van der Waals surface area (Å²) in [6.07, 6.45) is 0. The van der Waals surface area contributed by atoms with Gasteiger partial charge in [0.2, 0.25) is 0 Å². The van der Waals surface area contributed by atoms with Crippen molar-refractivity contribution < 1.29 is 0 Å². The smallest absolute Gasteiger partial charge is 0.00697 e. The molecule has 0 saturated carbocycles. The van der Waals surface area contributed by atoms with Gasteiger partial charge in [-0.1, -0.05) is 84.9 Å². The molecule has 0 unspecified atom stereocenters. The van der Waals surface area contributed by atoms with Crippen molar-refractivity contribution in [2.75, 3.05) is 0 Å². The van der Waals surface area contributed by atoms with Gasteiger partial charge >= 0.3 is 0 Å². The van der Waals surface area contributed by atoms with Gasteiger partial charge < -0.3 is 0 Å². The first kappa shape index (κ1) is 14.7. The minimum Gasteiger partial charge on any atom is -0.0622 e. The third kappa shape index (κ3) is 2.32. The summed E-state index contributed by atoms with van der Waals surface area (Å²) in [4.78, 5) is 0. The maximum absolute atomic E-state index is 2.25. The van der Waals surface area contributed by atoms with E-state index in [9.17, 15) is 0 Å². The van der Waals surface area contributed by atoms with Crippen LogP contribution in [0.1, 0.15) is 11.1 Å². The Labute approximate surface area is 143 Å². The Morgan fingerprint density at radius 3 is 1.46 bits per heavy atom. The molecule has 0 heteroatoms. The fourth-order valence-corrected chi connectivity index (χ4v) is 3.79. The summed E-state index contributed by atoms with van der Waals surface area (Å²) in [5.74, 6) is 0. The zero-order chi connectivity index (χ0) is 16.5. The van der Waals surface area contributed by atoms with Gasteiger partial charge in [-0.05, 0) is 58.0 Å². The minimum absolute atomic E-state index is 1.28. The van der Waals surface area contributed by atoms with E-state index in [1.54, 1.807) is 0 Å². The Bertz CT molecular complexity index is 996. The molecule has 0 nitrogen and oxygen atoms in total. The molecule has 0 aliphatic rings. The first-order valence-corrected chi connectivity index (χ1v) is 8.40. The largest absolute Gasteiger partial charge is 0.0622 e. The lowest BCUT2D eigenvalue weighted by Crippen LogP contribution is -1.95. The fraction of sp³-hybridized carbons (Fsp3) is 0.0833. The van der Waals surface area contributed by atoms with Crippen LogP contribution in [-0.2, 0) is 0 Å². The standard InChI is InChI=1S/C24H20/c1-17-21-15-9-10-16-22(21)24(20-13-7-4-8-14-20)18(2)23(17)19-11-5-3-6-12-19/h3-16H,1-2H3. The lowest BCUT2D eigenvalue weighted by atomic mass is 9.84. The molecule has 24 heavy (non-hydrogen) atoms. The molecule has 0 saturated heterocycles. The summed E-state index contributed by atoms with van der Waals surface area (Å²) >= 11 is 0. The molecule has 0 heterocycles. The van der Waals surface area contributed by atoms with E-state index in [1.165, 1.54) is 44.2 Å². The molecule has 4 aromatic rings. The molecule has 0 spiro atoms. The van der Waals surface area contributed by atoms with Gasteiger partial charge in [0.05, 0.1) is 0 Å². The van der Waals surface area contributed by atoms with Crippen LogP contribution in [0.4, 0.5) is 0 Å². The third-order valence-corrected chi connectivity index (χ3v) is 4.85. The summed E-state index contributed by atoms with van der Waals surface area (Å²) in [5, 5.41) is 2.67. The lowest BCUT2D eigenvalue weighted by molar-refractivity contribution is 1.41. The number of aryl methyl sites for hydroxylation is 1. The van der Waals surface area contributed by atoms with Crippen LogP contribution in [0.2, 0.25) is 0 Å². The molecule has 0 aromatic heterocycles. The van der Waals surface area contributed by atoms with E-state index in [-0.39, 0.29) is 0 Å². The molecule has 0 amide bonds. The van der Waals surface area contributed by atoms with Gasteiger partial charge in [-0.2, -0.15) is 0 Å². The monoisotopic (exact) mass is 308 g/mol. The van der Waals surface area contributed by atoms with Gasteiger partial charge in [0.15, 0.2) is 0 Å². The average molecular weight is 308 g/mol. The second-order valence-electron chi connectivity index (χ2n) is 6.28. The van der Waals surface area contributed by atoms with E-state index in [0.717, 1.165) is 0 Å². The Morgan fingerprint density at radius 1 is 0.417 bits per heavy atom. The molecule has 116 valence electrons. The van der Waals surface area contributed by atoms with E-state index >= 15 is 0 Å². The van der Waals surface area contributed by atoms with Gasteiger partial charge in [-0.15, -0.1) is 0 Å². The highest BCUT2D eigenvalue weighted by Crippen LogP contribution is 2.41. The van der Waals surface area contributed by atoms with Gasteiger partial charge in [0, 0.05) is 0 Å². The molecular formula is C24H20. The third-order valence-electron chi connectivity index (χ3n) is 4.85. The molecule has 0 atom stereocenters. The Balaban J connectivity index is 2.16. The Hall–Kier alpha value is -2.86. The van der Waals surface area contributed by atoms with E-state index in [4.69, 9.17) is 0 Å². The maximum Gasteiger partial charge on any atom is -0.00697 e. The van der Waals surface area contributed by atoms with Gasteiger partial charge in [-0.3, -0.25) is 0 Å². The van der Waals surface area contributed by atoms with Crippen molar-refractivity contribution in [3.8, 4) is 22.3 Å². The van der Waals surface area contributed by atoms with E-state index in [1.807, 2.05) is 0 Å². The summed E-state index contributed by atoms with van der Waals surface area (Å²) in [6.45, 7) is 4.50. The highest BCUT2D eigenvalue weighted by molar-refractivity contribution is 6.04. The molecule has 0 radical (unpaired) electrons. The van der Waals surface area contributed by atoms with Gasteiger partial charge in [0.1, 0.15) is 0 Å². The van der Waals surface area contributed by atoms with Crippen LogP contribution < -0.4 is 0 Å². The van der Waals surface area contributed by atoms with Crippen LogP contribution in [0.15, 0.2) is 84.9 Å². The summed E-state index contributed by atoms with van der Waals surface area (Å²) < 4.78 is 0. The molecule has 0 aliphatic carbocycles. The highest BCUT2D eigenvalue weighted by atomic mass is 14.2. The highest BCUT2D eigenvalue weighted by Gasteiger charge is 2.16. The Morgan fingerprint density at radius 2 is 0.875 bits per heavy atom. The molecule has 0 aliphatic heterocycles. The zero-order valence-electron chi connectivity index (χ0n) is 14.1. The summed E-state index contributed by atoms with van der Waals surface area (Å²) in [6, 6.07) is 30.2. The van der Waals surface area contributed by atoms with Crippen molar-refractivity contribution in [2.24, 2.45) is 0 Å². The number of fused-ring (bicyclic) bond motifs is 1. The maximum atomic E-state index is 2.25. The van der Waals surface area contributed by atoms with Crippen molar-refractivity contribution in [1.29, 1.82) is 0 Å². The van der Waals surface area contributed by atoms with Crippen molar-refractivity contribution >= 4 is 10.8 Å². The van der Waals surface area contributed by atoms with Crippen LogP contribution >= 0.6 is 0 Å². The van der Waals surface area contributed by atoms with E-state index in [0.29, 0.717) is 0 Å². The van der Waals surface area contributed by atoms with Crippen molar-refractivity contribution in [3.05, 3.63) is 96.1 Å². The predicted octanol–water partition coefficient (Wildman–Crippen LogP) is 6.79. The summed E-state index contributed by atoms with van der Waals surface area (Å²) in [5.41, 5.74) is 7.97. The van der Waals surface area contributed by atoms with Gasteiger partial charge in [-0.25, -0.2) is 0 Å². The zero-order valence-corrected chi connectivity index (χ0v) is 14.1. The molecule has 4 aromatic carbocycles. The van der Waals surface area contributed by atoms with Crippen molar-refractivity contribution in [1.82, 2.24) is 0 Å². The second kappa shape index (κ2) is 5.98. The first-order chi connectivity index (χ1) is 11.8. The van der Waals surface area contributed by atoms with Crippen LogP contribution in [-0.4, -0.2) is 0 Å². The second-order valence-corrected chi connectivity index (χ2v) is 6.28. The fourth-order valence-electron chi connectivity index (χ4n) is 3.79. The van der Waals surface area contributed by atoms with Crippen LogP contribution in [0.5, 0.6) is 0 Å². The molecule has 0 fully saturated rings. The molecule has 4 rings (SSSR count). The number of hydrogen-bond acceptors (Lipinski definition) is 0. The van der Waals surface area contributed by atoms with Crippen LogP contribution in [0, 0.1) is 13.8 Å². The molecular weight excluding hydrogens is 288 g/mol. The quantitative estimate of drug-likeness (QED) is 0.382.